The lowest BCUT2D eigenvalue weighted by Gasteiger charge is -2.08. The first-order valence-electron chi connectivity index (χ1n) is 6.69. The van der Waals surface area contributed by atoms with Crippen LogP contribution < -0.4 is 5.73 Å². The van der Waals surface area contributed by atoms with Gasteiger partial charge in [0.15, 0.2) is 5.58 Å². The van der Waals surface area contributed by atoms with Gasteiger partial charge in [0.1, 0.15) is 5.52 Å². The third-order valence-electron chi connectivity index (χ3n) is 3.05. The lowest BCUT2D eigenvalue weighted by atomic mass is 10.1. The molecule has 0 radical (unpaired) electrons. The summed E-state index contributed by atoms with van der Waals surface area (Å²) in [5, 5.41) is 1.35. The van der Waals surface area contributed by atoms with Gasteiger partial charge in [-0.15, -0.1) is 0 Å². The molecule has 1 unspecified atom stereocenters. The molecule has 2 N–H and O–H groups in total. The van der Waals surface area contributed by atoms with E-state index in [1.54, 1.807) is 0 Å². The van der Waals surface area contributed by atoms with Crippen LogP contribution in [-0.2, 0) is 6.42 Å². The van der Waals surface area contributed by atoms with E-state index in [4.69, 9.17) is 21.8 Å². The van der Waals surface area contributed by atoms with Gasteiger partial charge >= 0.3 is 0 Å². The maximum atomic E-state index is 6.30. The Bertz CT molecular complexity index is 737. The van der Waals surface area contributed by atoms with E-state index in [1.165, 1.54) is 11.8 Å². The monoisotopic (exact) mass is 318 g/mol. The molecule has 1 heterocycles. The average molecular weight is 319 g/mol. The number of nitrogens with zero attached hydrogens (tertiary/aromatic N) is 1. The van der Waals surface area contributed by atoms with E-state index < -0.39 is 0 Å². The zero-order chi connectivity index (χ0) is 14.8. The highest BCUT2D eigenvalue weighted by Crippen LogP contribution is 2.32. The van der Waals surface area contributed by atoms with E-state index in [-0.39, 0.29) is 6.04 Å². The fourth-order valence-electron chi connectivity index (χ4n) is 2.10. The van der Waals surface area contributed by atoms with Gasteiger partial charge in [-0.1, -0.05) is 29.8 Å². The van der Waals surface area contributed by atoms with Crippen LogP contribution in [0.25, 0.3) is 11.1 Å². The van der Waals surface area contributed by atoms with Crippen molar-refractivity contribution in [2.45, 2.75) is 29.5 Å². The van der Waals surface area contributed by atoms with Crippen molar-refractivity contribution in [2.75, 3.05) is 0 Å². The Morgan fingerprint density at radius 2 is 2.10 bits per heavy atom. The Hall–Kier alpha value is -1.49. The summed E-state index contributed by atoms with van der Waals surface area (Å²) >= 11 is 7.76. The predicted octanol–water partition coefficient (Wildman–Crippen LogP) is 4.52. The maximum Gasteiger partial charge on any atom is 0.261 e. The second-order valence-corrected chi connectivity index (χ2v) is 6.42. The second-order valence-electron chi connectivity index (χ2n) is 4.98. The minimum absolute atomic E-state index is 0.0954. The average Bonchev–Trinajstić information content (AvgIpc) is 2.83. The maximum absolute atomic E-state index is 6.30. The van der Waals surface area contributed by atoms with Crippen LogP contribution >= 0.6 is 23.4 Å². The Labute approximate surface area is 132 Å². The third kappa shape index (κ3) is 3.40. The molecule has 3 rings (SSSR count). The van der Waals surface area contributed by atoms with Gasteiger partial charge in [-0.2, -0.15) is 0 Å². The summed E-state index contributed by atoms with van der Waals surface area (Å²) in [6.45, 7) is 1.97. The van der Waals surface area contributed by atoms with Crippen molar-refractivity contribution in [1.29, 1.82) is 0 Å². The van der Waals surface area contributed by atoms with Crippen LogP contribution in [0.2, 0.25) is 5.02 Å². The van der Waals surface area contributed by atoms with Gasteiger partial charge in [-0.25, -0.2) is 4.98 Å². The number of fused-ring (bicyclic) bond motifs is 1. The van der Waals surface area contributed by atoms with Crippen molar-refractivity contribution >= 4 is 34.5 Å². The second kappa shape index (κ2) is 6.10. The molecule has 0 aliphatic carbocycles. The van der Waals surface area contributed by atoms with Crippen LogP contribution in [0.4, 0.5) is 0 Å². The summed E-state index contributed by atoms with van der Waals surface area (Å²) in [4.78, 5) is 5.44. The smallest absolute Gasteiger partial charge is 0.261 e. The number of hydrogen-bond donors (Lipinski definition) is 1. The van der Waals surface area contributed by atoms with Crippen LogP contribution in [0.3, 0.4) is 0 Å². The number of para-hydroxylation sites is 2. The zero-order valence-corrected chi connectivity index (χ0v) is 13.1. The van der Waals surface area contributed by atoms with Crippen molar-refractivity contribution in [3.63, 3.8) is 0 Å². The Morgan fingerprint density at radius 1 is 1.29 bits per heavy atom. The normalized spacial score (nSPS) is 12.7. The molecule has 0 fully saturated rings. The molecule has 108 valence electrons. The zero-order valence-electron chi connectivity index (χ0n) is 11.5. The number of aromatic nitrogens is 1. The van der Waals surface area contributed by atoms with E-state index in [9.17, 15) is 0 Å². The minimum atomic E-state index is 0.0954. The highest BCUT2D eigenvalue weighted by molar-refractivity contribution is 7.99. The lowest BCUT2D eigenvalue weighted by Crippen LogP contribution is -2.17. The van der Waals surface area contributed by atoms with Gasteiger partial charge < -0.3 is 10.2 Å². The van der Waals surface area contributed by atoms with Crippen LogP contribution in [0.1, 0.15) is 12.5 Å². The van der Waals surface area contributed by atoms with Gasteiger partial charge in [-0.3, -0.25) is 0 Å². The van der Waals surface area contributed by atoms with Crippen LogP contribution in [0, 0.1) is 0 Å². The van der Waals surface area contributed by atoms with Gasteiger partial charge in [0.2, 0.25) is 0 Å². The SMILES string of the molecule is CC(N)Cc1ccc(Sc2nc3ccccc3o2)cc1Cl. The first kappa shape index (κ1) is 14.4. The number of oxazole rings is 1. The number of nitrogens with two attached hydrogens (primary N) is 1. The Morgan fingerprint density at radius 3 is 2.81 bits per heavy atom. The Kier molecular flexibility index (Phi) is 4.19. The molecule has 3 nitrogen and oxygen atoms in total. The molecule has 0 bridgehead atoms. The molecule has 0 saturated carbocycles. The van der Waals surface area contributed by atoms with Crippen LogP contribution in [0.15, 0.2) is 57.0 Å². The lowest BCUT2D eigenvalue weighted by molar-refractivity contribution is 0.489. The predicted molar refractivity (Wildman–Crippen MR) is 86.9 cm³/mol. The minimum Gasteiger partial charge on any atom is -0.431 e. The Balaban J connectivity index is 1.82. The van der Waals surface area contributed by atoms with E-state index >= 15 is 0 Å². The summed E-state index contributed by atoms with van der Waals surface area (Å²) in [5.41, 5.74) is 8.52. The fraction of sp³-hybridized carbons (Fsp3) is 0.188. The topological polar surface area (TPSA) is 52.0 Å². The molecule has 0 aliphatic heterocycles. The van der Waals surface area contributed by atoms with E-state index in [1.807, 2.05) is 49.4 Å². The number of benzene rings is 2. The number of hydrogen-bond acceptors (Lipinski definition) is 4. The van der Waals surface area contributed by atoms with E-state index in [2.05, 4.69) is 4.98 Å². The largest absolute Gasteiger partial charge is 0.431 e. The summed E-state index contributed by atoms with van der Waals surface area (Å²) in [6, 6.07) is 13.8. The summed E-state index contributed by atoms with van der Waals surface area (Å²) in [6.07, 6.45) is 0.771. The molecule has 5 heteroatoms. The molecule has 1 aromatic heterocycles. The van der Waals surface area contributed by atoms with Crippen LogP contribution in [-0.4, -0.2) is 11.0 Å². The first-order valence-corrected chi connectivity index (χ1v) is 7.89. The van der Waals surface area contributed by atoms with Gasteiger partial charge in [0.25, 0.3) is 5.22 Å². The molecule has 1 atom stereocenters. The van der Waals surface area contributed by atoms with E-state index in [0.717, 1.165) is 33.0 Å². The molecule has 0 aliphatic rings. The van der Waals surface area contributed by atoms with Crippen molar-refractivity contribution < 1.29 is 4.42 Å². The van der Waals surface area contributed by atoms with Crippen molar-refractivity contribution in [3.05, 3.63) is 53.1 Å². The molecule has 0 spiro atoms. The summed E-state index contributed by atoms with van der Waals surface area (Å²) in [7, 11) is 0. The molecule has 0 saturated heterocycles. The first-order chi connectivity index (χ1) is 10.1. The highest BCUT2D eigenvalue weighted by Gasteiger charge is 2.09. The van der Waals surface area contributed by atoms with Crippen molar-refractivity contribution in [2.24, 2.45) is 5.73 Å². The molecule has 2 aromatic carbocycles. The molecule has 3 aromatic rings. The number of halogens is 1. The number of rotatable bonds is 4. The fourth-order valence-corrected chi connectivity index (χ4v) is 3.21. The summed E-state index contributed by atoms with van der Waals surface area (Å²) < 4.78 is 5.70. The third-order valence-corrected chi connectivity index (χ3v) is 4.24. The van der Waals surface area contributed by atoms with Crippen LogP contribution in [0.5, 0.6) is 0 Å². The van der Waals surface area contributed by atoms with Gasteiger partial charge in [-0.05, 0) is 54.9 Å². The highest BCUT2D eigenvalue weighted by atomic mass is 35.5. The van der Waals surface area contributed by atoms with Gasteiger partial charge in [0.05, 0.1) is 0 Å². The molecular formula is C16H15ClN2OS. The van der Waals surface area contributed by atoms with E-state index in [0.29, 0.717) is 5.22 Å². The quantitative estimate of drug-likeness (QED) is 0.768. The van der Waals surface area contributed by atoms with Gasteiger partial charge in [0, 0.05) is 16.0 Å². The summed E-state index contributed by atoms with van der Waals surface area (Å²) in [5.74, 6) is 0. The van der Waals surface area contributed by atoms with Crippen molar-refractivity contribution in [1.82, 2.24) is 4.98 Å². The molecular weight excluding hydrogens is 304 g/mol. The molecule has 0 amide bonds. The molecule has 21 heavy (non-hydrogen) atoms. The standard InChI is InChI=1S/C16H15ClN2OS/c1-10(18)8-11-6-7-12(9-13(11)17)21-16-19-14-4-2-3-5-15(14)20-16/h2-7,9-10H,8,18H2,1H3. The van der Waals surface area contributed by atoms with Crippen molar-refractivity contribution in [3.8, 4) is 0 Å².